The zero-order chi connectivity index (χ0) is 18.0. The summed E-state index contributed by atoms with van der Waals surface area (Å²) in [5.41, 5.74) is 6.00. The molecule has 0 aliphatic carbocycles. The van der Waals surface area contributed by atoms with E-state index >= 15 is 0 Å². The minimum atomic E-state index is -1.26. The van der Waals surface area contributed by atoms with E-state index in [1.54, 1.807) is 0 Å². The third-order valence-corrected chi connectivity index (χ3v) is 4.61. The number of carbonyl (C=O) groups is 2. The quantitative estimate of drug-likeness (QED) is 0.734. The molecular formula is C20H19NO4. The number of carboxylic acid groups (broad SMARTS) is 2. The molecule has 128 valence electrons. The van der Waals surface area contributed by atoms with E-state index in [2.05, 4.69) is 60.8 Å². The monoisotopic (exact) mass is 337 g/mol. The van der Waals surface area contributed by atoms with Gasteiger partial charge >= 0.3 is 11.9 Å². The highest BCUT2D eigenvalue weighted by molar-refractivity contribution is 5.89. The number of nitrogens with one attached hydrogen (secondary N) is 1. The molecule has 2 atom stereocenters. The normalized spacial score (nSPS) is 22.5. The Balaban J connectivity index is 0.000000197. The van der Waals surface area contributed by atoms with Gasteiger partial charge in [-0.05, 0) is 35.6 Å². The van der Waals surface area contributed by atoms with Crippen LogP contribution in [0.5, 0.6) is 0 Å². The predicted molar refractivity (Wildman–Crippen MR) is 93.3 cm³/mol. The summed E-state index contributed by atoms with van der Waals surface area (Å²) in [6.45, 7) is 2.32. The first-order valence-electron chi connectivity index (χ1n) is 7.99. The molecule has 2 aromatic rings. The molecule has 2 aliphatic rings. The van der Waals surface area contributed by atoms with Crippen molar-refractivity contribution in [3.05, 3.63) is 82.9 Å². The minimum absolute atomic E-state index is 0.121. The maximum Gasteiger partial charge on any atom is 0.328 e. The number of fused-ring (bicyclic) bond motifs is 7. The minimum Gasteiger partial charge on any atom is -0.478 e. The lowest BCUT2D eigenvalue weighted by atomic mass is 9.85. The molecule has 4 rings (SSSR count). The van der Waals surface area contributed by atoms with Crippen molar-refractivity contribution in [3.63, 3.8) is 0 Å². The topological polar surface area (TPSA) is 86.6 Å². The molecule has 2 aliphatic heterocycles. The largest absolute Gasteiger partial charge is 0.478 e. The second-order valence-corrected chi connectivity index (χ2v) is 6.38. The smallest absolute Gasteiger partial charge is 0.328 e. The lowest BCUT2D eigenvalue weighted by molar-refractivity contribution is -0.134. The van der Waals surface area contributed by atoms with Gasteiger partial charge < -0.3 is 10.2 Å². The molecule has 0 saturated heterocycles. The van der Waals surface area contributed by atoms with Crippen molar-refractivity contribution < 1.29 is 19.8 Å². The van der Waals surface area contributed by atoms with Crippen molar-refractivity contribution >= 4 is 11.9 Å². The van der Waals surface area contributed by atoms with Gasteiger partial charge in [0.05, 0.1) is 6.04 Å². The van der Waals surface area contributed by atoms with Crippen LogP contribution in [0, 0.1) is 0 Å². The molecule has 0 spiro atoms. The second-order valence-electron chi connectivity index (χ2n) is 6.38. The Kier molecular flexibility index (Phi) is 4.42. The lowest BCUT2D eigenvalue weighted by Gasteiger charge is -2.33. The van der Waals surface area contributed by atoms with Gasteiger partial charge in [0.25, 0.3) is 0 Å². The second kappa shape index (κ2) is 6.53. The average Bonchev–Trinajstić information content (AvgIpc) is 2.83. The van der Waals surface area contributed by atoms with E-state index in [9.17, 15) is 9.59 Å². The lowest BCUT2D eigenvalue weighted by Crippen LogP contribution is -2.41. The number of rotatable bonds is 2. The predicted octanol–water partition coefficient (Wildman–Crippen LogP) is 2.86. The number of hydrogen-bond donors (Lipinski definition) is 3. The van der Waals surface area contributed by atoms with Crippen LogP contribution in [-0.2, 0) is 21.5 Å². The van der Waals surface area contributed by atoms with Crippen LogP contribution in [0.2, 0.25) is 0 Å². The fraction of sp³-hybridized carbons (Fsp3) is 0.200. The summed E-state index contributed by atoms with van der Waals surface area (Å²) in [5.74, 6) is -2.51. The standard InChI is InChI=1S/C16H15N.C4H4O4/c1-16-10-11-6-2-3-7-12(11)15(17-16)13-8-4-5-9-14(13)16;5-3(6)1-2-4(7)8/h2-9,15,17H,10H2,1H3;1-2H,(H,5,6)(H,7,8)/b;2-1-. The van der Waals surface area contributed by atoms with Gasteiger partial charge in [0.15, 0.2) is 0 Å². The summed E-state index contributed by atoms with van der Waals surface area (Å²) in [4.78, 5) is 19.1. The highest BCUT2D eigenvalue weighted by atomic mass is 16.4. The number of hydrogen-bond acceptors (Lipinski definition) is 3. The molecule has 0 fully saturated rings. The SMILES string of the molecule is CC12Cc3ccccc3C(N1)c1ccccc12.O=C(O)/C=C\C(=O)O. The highest BCUT2D eigenvalue weighted by Crippen LogP contribution is 2.47. The van der Waals surface area contributed by atoms with E-state index < -0.39 is 11.9 Å². The Morgan fingerprint density at radius 3 is 2.20 bits per heavy atom. The molecule has 3 N–H and O–H groups in total. The maximum atomic E-state index is 9.55. The summed E-state index contributed by atoms with van der Waals surface area (Å²) >= 11 is 0. The van der Waals surface area contributed by atoms with E-state index in [1.165, 1.54) is 22.3 Å². The van der Waals surface area contributed by atoms with Crippen LogP contribution in [0.15, 0.2) is 60.7 Å². The molecule has 2 heterocycles. The van der Waals surface area contributed by atoms with Gasteiger partial charge in [-0.1, -0.05) is 48.5 Å². The van der Waals surface area contributed by atoms with E-state index in [1.807, 2.05) is 0 Å². The summed E-state index contributed by atoms with van der Waals surface area (Å²) in [6.07, 6.45) is 2.21. The summed E-state index contributed by atoms with van der Waals surface area (Å²) in [6, 6.07) is 18.0. The van der Waals surface area contributed by atoms with Gasteiger partial charge in [-0.25, -0.2) is 9.59 Å². The number of benzene rings is 2. The van der Waals surface area contributed by atoms with Crippen molar-refractivity contribution in [3.8, 4) is 0 Å². The Morgan fingerprint density at radius 1 is 1.00 bits per heavy atom. The van der Waals surface area contributed by atoms with Crippen molar-refractivity contribution in [2.45, 2.75) is 24.9 Å². The van der Waals surface area contributed by atoms with Crippen LogP contribution in [-0.4, -0.2) is 22.2 Å². The van der Waals surface area contributed by atoms with Crippen LogP contribution in [0.1, 0.15) is 35.2 Å². The molecule has 0 radical (unpaired) electrons. The average molecular weight is 337 g/mol. The molecule has 2 unspecified atom stereocenters. The fourth-order valence-electron chi connectivity index (χ4n) is 3.62. The molecule has 2 bridgehead atoms. The molecular weight excluding hydrogens is 318 g/mol. The van der Waals surface area contributed by atoms with Crippen molar-refractivity contribution in [1.29, 1.82) is 0 Å². The number of carboxylic acids is 2. The van der Waals surface area contributed by atoms with Gasteiger partial charge in [0.2, 0.25) is 0 Å². The van der Waals surface area contributed by atoms with Crippen LogP contribution < -0.4 is 5.32 Å². The fourth-order valence-corrected chi connectivity index (χ4v) is 3.62. The molecule has 25 heavy (non-hydrogen) atoms. The molecule has 2 aromatic carbocycles. The Bertz CT molecular complexity index is 842. The summed E-state index contributed by atoms with van der Waals surface area (Å²) in [5, 5.41) is 19.4. The third kappa shape index (κ3) is 3.32. The number of aliphatic carboxylic acids is 2. The van der Waals surface area contributed by atoms with E-state index in [-0.39, 0.29) is 5.54 Å². The van der Waals surface area contributed by atoms with Gasteiger partial charge in [-0.3, -0.25) is 5.32 Å². The van der Waals surface area contributed by atoms with E-state index in [4.69, 9.17) is 10.2 Å². The van der Waals surface area contributed by atoms with Crippen molar-refractivity contribution in [2.75, 3.05) is 0 Å². The molecule has 0 saturated carbocycles. The van der Waals surface area contributed by atoms with Crippen LogP contribution in [0.25, 0.3) is 0 Å². The molecule has 0 amide bonds. The Morgan fingerprint density at radius 2 is 1.56 bits per heavy atom. The van der Waals surface area contributed by atoms with Crippen LogP contribution in [0.3, 0.4) is 0 Å². The van der Waals surface area contributed by atoms with Gasteiger partial charge in [-0.2, -0.15) is 0 Å². The maximum absolute atomic E-state index is 9.55. The van der Waals surface area contributed by atoms with E-state index in [0.717, 1.165) is 6.42 Å². The molecule has 0 aromatic heterocycles. The summed E-state index contributed by atoms with van der Waals surface area (Å²) < 4.78 is 0. The zero-order valence-electron chi connectivity index (χ0n) is 13.8. The van der Waals surface area contributed by atoms with Gasteiger partial charge in [0.1, 0.15) is 0 Å². The van der Waals surface area contributed by atoms with Crippen molar-refractivity contribution in [2.24, 2.45) is 0 Å². The van der Waals surface area contributed by atoms with Gasteiger partial charge in [-0.15, -0.1) is 0 Å². The zero-order valence-corrected chi connectivity index (χ0v) is 13.8. The molecule has 5 heteroatoms. The third-order valence-electron chi connectivity index (χ3n) is 4.61. The van der Waals surface area contributed by atoms with Crippen LogP contribution >= 0.6 is 0 Å². The van der Waals surface area contributed by atoms with Crippen LogP contribution in [0.4, 0.5) is 0 Å². The molecule has 5 nitrogen and oxygen atoms in total. The van der Waals surface area contributed by atoms with Crippen molar-refractivity contribution in [1.82, 2.24) is 5.32 Å². The van der Waals surface area contributed by atoms with Gasteiger partial charge in [0, 0.05) is 17.7 Å². The first-order valence-corrected chi connectivity index (χ1v) is 7.99. The highest BCUT2D eigenvalue weighted by Gasteiger charge is 2.44. The first kappa shape index (κ1) is 16.9. The first-order chi connectivity index (χ1) is 11.9. The summed E-state index contributed by atoms with van der Waals surface area (Å²) in [7, 11) is 0. The Hall–Kier alpha value is -2.92. The van der Waals surface area contributed by atoms with E-state index in [0.29, 0.717) is 18.2 Å². The Labute approximate surface area is 145 Å².